The molecule has 1 aliphatic heterocycles. The van der Waals surface area contributed by atoms with Crippen LogP contribution in [0, 0.1) is 5.82 Å². The van der Waals surface area contributed by atoms with Crippen LogP contribution in [0.3, 0.4) is 0 Å². The molecule has 4 rings (SSSR count). The second kappa shape index (κ2) is 9.56. The molecule has 3 aromatic rings. The number of nitrogens with zero attached hydrogens (tertiary/aromatic N) is 2. The fraction of sp³-hybridized carbons (Fsp3) is 0.458. The number of likely N-dealkylation sites (tertiary alicyclic amines) is 1. The Bertz CT molecular complexity index is 1030. The zero-order valence-corrected chi connectivity index (χ0v) is 17.8. The van der Waals surface area contributed by atoms with Crippen LogP contribution in [0.15, 0.2) is 40.9 Å². The van der Waals surface area contributed by atoms with Crippen LogP contribution >= 0.6 is 0 Å². The maximum atomic E-state index is 13.9. The third kappa shape index (κ3) is 5.10. The summed E-state index contributed by atoms with van der Waals surface area (Å²) in [4.78, 5) is 12.9. The smallest absolute Gasteiger partial charge is 0.449 e. The fourth-order valence-electron chi connectivity index (χ4n) is 4.54. The van der Waals surface area contributed by atoms with Crippen molar-refractivity contribution in [3.8, 4) is 5.95 Å². The van der Waals surface area contributed by atoms with Gasteiger partial charge in [0.2, 0.25) is 0 Å². The van der Waals surface area contributed by atoms with Crippen molar-refractivity contribution in [1.82, 2.24) is 9.47 Å². The second-order valence-electron chi connectivity index (χ2n) is 8.29. The number of furan rings is 1. The lowest BCUT2D eigenvalue weighted by molar-refractivity contribution is 0.129. The summed E-state index contributed by atoms with van der Waals surface area (Å²) in [7, 11) is 0. The minimum Gasteiger partial charge on any atom is -0.449 e. The molecule has 0 amide bonds. The van der Waals surface area contributed by atoms with Crippen molar-refractivity contribution in [3.05, 3.63) is 53.7 Å². The van der Waals surface area contributed by atoms with Gasteiger partial charge in [-0.1, -0.05) is 19.8 Å². The molecule has 0 atom stereocenters. The van der Waals surface area contributed by atoms with Gasteiger partial charge in [-0.3, -0.25) is 4.90 Å². The summed E-state index contributed by atoms with van der Waals surface area (Å²) in [6, 6.07) is 8.43. The molecule has 1 aliphatic rings. The van der Waals surface area contributed by atoms with Crippen molar-refractivity contribution in [2.45, 2.75) is 58.0 Å². The van der Waals surface area contributed by atoms with E-state index in [1.165, 1.54) is 24.5 Å². The molecule has 0 unspecified atom stereocenters. The van der Waals surface area contributed by atoms with Crippen LogP contribution in [0.5, 0.6) is 5.95 Å². The Kier molecular flexibility index (Phi) is 6.61. The molecule has 0 radical (unpaired) electrons. The number of hydrogen-bond acceptors (Lipinski definition) is 4. The van der Waals surface area contributed by atoms with Gasteiger partial charge < -0.3 is 18.8 Å². The number of aromatic nitrogens is 1. The largest absolute Gasteiger partial charge is 0.513 e. The standard InChI is InChI=1S/C24H29FN2O4/c1-2-3-4-11-27-16-21(20-7-5-18(25)14-22(20)27)17-9-12-26(13-10-17)15-19-6-8-23(30-19)31-24(28)29/h5-8,14,16-17H,2-4,9-13,15H2,1H3,(H,28,29). The molecule has 0 bridgehead atoms. The number of ether oxygens (including phenoxy) is 1. The minimum absolute atomic E-state index is 0.000464. The van der Waals surface area contributed by atoms with Crippen molar-refractivity contribution in [1.29, 1.82) is 0 Å². The third-order valence-corrected chi connectivity index (χ3v) is 6.11. The predicted octanol–water partition coefficient (Wildman–Crippen LogP) is 6.00. The van der Waals surface area contributed by atoms with Crippen molar-refractivity contribution in [2.75, 3.05) is 13.1 Å². The highest BCUT2D eigenvalue weighted by atomic mass is 19.1. The first kappa shape index (κ1) is 21.4. The highest BCUT2D eigenvalue weighted by Crippen LogP contribution is 2.35. The van der Waals surface area contributed by atoms with Crippen molar-refractivity contribution in [2.24, 2.45) is 0 Å². The summed E-state index contributed by atoms with van der Waals surface area (Å²) in [6.45, 7) is 5.58. The Labute approximate surface area is 181 Å². The van der Waals surface area contributed by atoms with Crippen LogP contribution in [-0.2, 0) is 13.1 Å². The lowest BCUT2D eigenvalue weighted by Gasteiger charge is -2.31. The summed E-state index contributed by atoms with van der Waals surface area (Å²) >= 11 is 0. The second-order valence-corrected chi connectivity index (χ2v) is 8.29. The zero-order valence-electron chi connectivity index (χ0n) is 17.8. The van der Waals surface area contributed by atoms with E-state index in [1.807, 2.05) is 6.07 Å². The Morgan fingerprint density at radius 3 is 2.77 bits per heavy atom. The van der Waals surface area contributed by atoms with Crippen molar-refractivity contribution < 1.29 is 23.4 Å². The van der Waals surface area contributed by atoms with Gasteiger partial charge >= 0.3 is 6.16 Å². The van der Waals surface area contributed by atoms with Crippen LogP contribution in [0.25, 0.3) is 10.9 Å². The van der Waals surface area contributed by atoms with Gasteiger partial charge in [-0.15, -0.1) is 0 Å². The van der Waals surface area contributed by atoms with Crippen LogP contribution in [0.1, 0.15) is 56.3 Å². The first-order valence-corrected chi connectivity index (χ1v) is 11.0. The Hall–Kier alpha value is -2.80. The van der Waals surface area contributed by atoms with Crippen molar-refractivity contribution in [3.63, 3.8) is 0 Å². The average Bonchev–Trinajstić information content (AvgIpc) is 3.32. The fourth-order valence-corrected chi connectivity index (χ4v) is 4.54. The molecule has 0 saturated carbocycles. The monoisotopic (exact) mass is 428 g/mol. The lowest BCUT2D eigenvalue weighted by Crippen LogP contribution is -2.32. The van der Waals surface area contributed by atoms with Gasteiger partial charge in [-0.05, 0) is 68.1 Å². The van der Waals surface area contributed by atoms with E-state index in [2.05, 4.69) is 27.3 Å². The van der Waals surface area contributed by atoms with Gasteiger partial charge in [0.1, 0.15) is 11.6 Å². The summed E-state index contributed by atoms with van der Waals surface area (Å²) in [5.41, 5.74) is 2.32. The van der Waals surface area contributed by atoms with Gasteiger partial charge in [-0.25, -0.2) is 9.18 Å². The molecule has 0 spiro atoms. The van der Waals surface area contributed by atoms with E-state index >= 15 is 0 Å². The lowest BCUT2D eigenvalue weighted by atomic mass is 9.89. The number of piperidine rings is 1. The molecule has 2 aromatic heterocycles. The molecule has 0 aliphatic carbocycles. The third-order valence-electron chi connectivity index (χ3n) is 6.11. The Morgan fingerprint density at radius 1 is 1.23 bits per heavy atom. The first-order valence-electron chi connectivity index (χ1n) is 11.0. The van der Waals surface area contributed by atoms with E-state index in [4.69, 9.17) is 9.52 Å². The number of rotatable bonds is 8. The number of hydrogen-bond donors (Lipinski definition) is 1. The molecule has 1 N–H and O–H groups in total. The molecule has 166 valence electrons. The molecular weight excluding hydrogens is 399 g/mol. The van der Waals surface area contributed by atoms with E-state index in [0.717, 1.165) is 49.8 Å². The number of fused-ring (bicyclic) bond motifs is 1. The molecular formula is C24H29FN2O4. The van der Waals surface area contributed by atoms with Crippen molar-refractivity contribution >= 4 is 17.1 Å². The molecule has 3 heterocycles. The van der Waals surface area contributed by atoms with E-state index in [9.17, 15) is 9.18 Å². The highest BCUT2D eigenvalue weighted by Gasteiger charge is 2.24. The quantitative estimate of drug-likeness (QED) is 0.352. The number of carboxylic acid groups (broad SMARTS) is 1. The number of halogens is 1. The van der Waals surface area contributed by atoms with E-state index < -0.39 is 6.16 Å². The summed E-state index contributed by atoms with van der Waals surface area (Å²) in [5, 5.41) is 9.84. The van der Waals surface area contributed by atoms with E-state index in [-0.39, 0.29) is 11.8 Å². The predicted molar refractivity (Wildman–Crippen MR) is 116 cm³/mol. The summed E-state index contributed by atoms with van der Waals surface area (Å²) < 4.78 is 26.1. The highest BCUT2D eigenvalue weighted by molar-refractivity contribution is 5.84. The van der Waals surface area contributed by atoms with Crippen LogP contribution < -0.4 is 4.74 Å². The summed E-state index contributed by atoms with van der Waals surface area (Å²) in [5.74, 6) is 0.950. The zero-order chi connectivity index (χ0) is 21.8. The van der Waals surface area contributed by atoms with E-state index in [0.29, 0.717) is 18.2 Å². The number of carbonyl (C=O) groups is 1. The van der Waals surface area contributed by atoms with E-state index in [1.54, 1.807) is 18.2 Å². The normalized spacial score (nSPS) is 15.5. The Balaban J connectivity index is 1.42. The molecule has 1 fully saturated rings. The number of aryl methyl sites for hydroxylation is 1. The SMILES string of the molecule is CCCCCn1cc(C2CCN(Cc3ccc(OC(=O)O)o3)CC2)c2ccc(F)cc21. The molecule has 1 aromatic carbocycles. The molecule has 6 nitrogen and oxygen atoms in total. The number of benzene rings is 1. The van der Waals surface area contributed by atoms with Crippen LogP contribution in [0.2, 0.25) is 0 Å². The maximum Gasteiger partial charge on any atom is 0.513 e. The summed E-state index contributed by atoms with van der Waals surface area (Å²) in [6.07, 6.45) is 6.34. The Morgan fingerprint density at radius 2 is 2.03 bits per heavy atom. The van der Waals surface area contributed by atoms with Gasteiger partial charge in [0.05, 0.1) is 12.1 Å². The molecule has 7 heteroatoms. The topological polar surface area (TPSA) is 67.8 Å². The minimum atomic E-state index is -1.38. The molecule has 31 heavy (non-hydrogen) atoms. The number of unbranched alkanes of at least 4 members (excludes halogenated alkanes) is 2. The van der Waals surface area contributed by atoms with Crippen LogP contribution in [0.4, 0.5) is 9.18 Å². The molecule has 1 saturated heterocycles. The first-order chi connectivity index (χ1) is 15.0. The van der Waals surface area contributed by atoms with Gasteiger partial charge in [0.25, 0.3) is 5.95 Å². The average molecular weight is 429 g/mol. The maximum absolute atomic E-state index is 13.9. The van der Waals surface area contributed by atoms with Gasteiger partial charge in [0, 0.05) is 24.2 Å². The van der Waals surface area contributed by atoms with Gasteiger partial charge in [0.15, 0.2) is 0 Å². The van der Waals surface area contributed by atoms with Crippen LogP contribution in [-0.4, -0.2) is 33.8 Å². The van der Waals surface area contributed by atoms with Gasteiger partial charge in [-0.2, -0.15) is 0 Å².